The molecule has 2 fully saturated rings. The van der Waals surface area contributed by atoms with Gasteiger partial charge >= 0.3 is 0 Å². The van der Waals surface area contributed by atoms with Gasteiger partial charge in [0.05, 0.1) is 7.11 Å². The molecule has 2 aliphatic rings. The third-order valence-electron chi connectivity index (χ3n) is 6.62. The van der Waals surface area contributed by atoms with Gasteiger partial charge in [0, 0.05) is 58.8 Å². The number of hydrogen-bond donors (Lipinski definition) is 2. The maximum atomic E-state index is 11.7. The lowest BCUT2D eigenvalue weighted by Gasteiger charge is -2.40. The Morgan fingerprint density at radius 3 is 2.47 bits per heavy atom. The molecule has 0 unspecified atom stereocenters. The molecule has 2 heterocycles. The number of carbonyl (C=O) groups excluding carboxylic acids is 1. The molecule has 7 nitrogen and oxygen atoms in total. The summed E-state index contributed by atoms with van der Waals surface area (Å²) in [5.74, 6) is 2.43. The van der Waals surface area contributed by atoms with Gasteiger partial charge in [-0.1, -0.05) is 12.1 Å². The lowest BCUT2D eigenvalue weighted by molar-refractivity contribution is -0.121. The van der Waals surface area contributed by atoms with Gasteiger partial charge in [0.1, 0.15) is 5.75 Å². The molecule has 7 heteroatoms. The van der Waals surface area contributed by atoms with E-state index < -0.39 is 0 Å². The van der Waals surface area contributed by atoms with E-state index in [1.165, 1.54) is 5.56 Å². The zero-order valence-electron chi connectivity index (χ0n) is 18.6. The Bertz CT molecular complexity index is 706. The summed E-state index contributed by atoms with van der Waals surface area (Å²) in [7, 11) is 5.25. The van der Waals surface area contributed by atoms with E-state index in [4.69, 9.17) is 9.47 Å². The normalized spacial score (nSPS) is 20.0. The number of likely N-dealkylation sites (tertiary alicyclic amines) is 1. The van der Waals surface area contributed by atoms with E-state index in [1.807, 2.05) is 19.2 Å². The Labute approximate surface area is 180 Å². The van der Waals surface area contributed by atoms with E-state index in [9.17, 15) is 4.79 Å². The molecule has 0 spiro atoms. The molecular formula is C23H36N4O3. The molecule has 30 heavy (non-hydrogen) atoms. The van der Waals surface area contributed by atoms with Crippen molar-refractivity contribution < 1.29 is 14.3 Å². The van der Waals surface area contributed by atoms with Gasteiger partial charge in [-0.05, 0) is 49.3 Å². The minimum absolute atomic E-state index is 0.0258. The van der Waals surface area contributed by atoms with Crippen molar-refractivity contribution >= 4 is 11.9 Å². The van der Waals surface area contributed by atoms with E-state index >= 15 is 0 Å². The Balaban J connectivity index is 1.62. The number of nitrogens with one attached hydrogen (secondary N) is 2. The van der Waals surface area contributed by atoms with Gasteiger partial charge in [0.15, 0.2) is 5.96 Å². The van der Waals surface area contributed by atoms with Gasteiger partial charge in [0.2, 0.25) is 5.91 Å². The van der Waals surface area contributed by atoms with Crippen molar-refractivity contribution in [2.24, 2.45) is 10.9 Å². The topological polar surface area (TPSA) is 75.2 Å². The van der Waals surface area contributed by atoms with Crippen LogP contribution in [0.25, 0.3) is 0 Å². The smallest absolute Gasteiger partial charge is 0.220 e. The molecular weight excluding hydrogens is 380 g/mol. The zero-order valence-corrected chi connectivity index (χ0v) is 18.6. The summed E-state index contributed by atoms with van der Waals surface area (Å²) in [6, 6.07) is 8.44. The van der Waals surface area contributed by atoms with Gasteiger partial charge in [-0.15, -0.1) is 0 Å². The van der Waals surface area contributed by atoms with Crippen molar-refractivity contribution in [2.45, 2.75) is 37.5 Å². The molecule has 0 aliphatic carbocycles. The lowest BCUT2D eigenvalue weighted by atomic mass is 9.74. The van der Waals surface area contributed by atoms with E-state index in [0.717, 1.165) is 70.2 Å². The van der Waals surface area contributed by atoms with Gasteiger partial charge < -0.3 is 25.0 Å². The highest BCUT2D eigenvalue weighted by Gasteiger charge is 2.35. The fraction of sp³-hybridized carbons (Fsp3) is 0.652. The molecule has 1 aromatic carbocycles. The van der Waals surface area contributed by atoms with Crippen LogP contribution in [0.1, 0.15) is 37.7 Å². The van der Waals surface area contributed by atoms with Crippen LogP contribution in [0.5, 0.6) is 5.75 Å². The Morgan fingerprint density at radius 2 is 1.90 bits per heavy atom. The van der Waals surface area contributed by atoms with Crippen molar-refractivity contribution in [1.82, 2.24) is 15.5 Å². The standard InChI is InChI=1S/C23H36N4O3/c1-24-21(28)16-18-8-12-27(13-9-18)22(25-2)26-17-23(10-14-30-15-11-23)19-4-6-20(29-3)7-5-19/h4-7,18H,8-17H2,1-3H3,(H,24,28)(H,25,26). The molecule has 0 saturated carbocycles. The molecule has 2 aliphatic heterocycles. The van der Waals surface area contributed by atoms with E-state index in [0.29, 0.717) is 12.3 Å². The lowest BCUT2D eigenvalue weighted by Crippen LogP contribution is -2.51. The summed E-state index contributed by atoms with van der Waals surface area (Å²) in [5, 5.41) is 6.39. The predicted molar refractivity (Wildman–Crippen MR) is 119 cm³/mol. The Morgan fingerprint density at radius 1 is 1.23 bits per heavy atom. The fourth-order valence-corrected chi connectivity index (χ4v) is 4.57. The number of aliphatic imine (C=N–C) groups is 1. The highest BCUT2D eigenvalue weighted by atomic mass is 16.5. The zero-order chi connectivity index (χ0) is 21.4. The van der Waals surface area contributed by atoms with Crippen LogP contribution in [-0.4, -0.2) is 70.8 Å². The predicted octanol–water partition coefficient (Wildman–Crippen LogP) is 2.17. The highest BCUT2D eigenvalue weighted by Crippen LogP contribution is 2.35. The SMILES string of the molecule is CN=C(NCC1(c2ccc(OC)cc2)CCOCC1)N1CCC(CC(=O)NC)CC1. The molecule has 0 radical (unpaired) electrons. The van der Waals surface area contributed by atoms with Gasteiger partial charge in [0.25, 0.3) is 0 Å². The van der Waals surface area contributed by atoms with Crippen LogP contribution in [0.15, 0.2) is 29.3 Å². The monoisotopic (exact) mass is 416 g/mol. The fourth-order valence-electron chi connectivity index (χ4n) is 4.57. The molecule has 1 amide bonds. The average Bonchev–Trinajstić information content (AvgIpc) is 2.81. The molecule has 0 atom stereocenters. The van der Waals surface area contributed by atoms with Gasteiger partial charge in [-0.2, -0.15) is 0 Å². The summed E-state index contributed by atoms with van der Waals surface area (Å²) in [6.45, 7) is 4.24. The number of carbonyl (C=O) groups is 1. The molecule has 0 bridgehead atoms. The Hall–Kier alpha value is -2.28. The number of amides is 1. The summed E-state index contributed by atoms with van der Waals surface area (Å²) in [4.78, 5) is 18.5. The van der Waals surface area contributed by atoms with Crippen LogP contribution in [0, 0.1) is 5.92 Å². The van der Waals surface area contributed by atoms with Crippen LogP contribution < -0.4 is 15.4 Å². The second kappa shape index (κ2) is 10.7. The summed E-state index contributed by atoms with van der Waals surface area (Å²) >= 11 is 0. The summed E-state index contributed by atoms with van der Waals surface area (Å²) in [5.41, 5.74) is 1.34. The van der Waals surface area contributed by atoms with Crippen LogP contribution in [0.3, 0.4) is 0 Å². The molecule has 166 valence electrons. The first-order chi connectivity index (χ1) is 14.6. The van der Waals surface area contributed by atoms with Crippen LogP contribution in [-0.2, 0) is 14.9 Å². The van der Waals surface area contributed by atoms with E-state index in [-0.39, 0.29) is 11.3 Å². The van der Waals surface area contributed by atoms with Crippen LogP contribution >= 0.6 is 0 Å². The minimum Gasteiger partial charge on any atom is -0.497 e. The van der Waals surface area contributed by atoms with Crippen molar-refractivity contribution in [3.63, 3.8) is 0 Å². The van der Waals surface area contributed by atoms with E-state index in [2.05, 4.69) is 32.7 Å². The number of methoxy groups -OCH3 is 1. The van der Waals surface area contributed by atoms with Crippen LogP contribution in [0.2, 0.25) is 0 Å². The first kappa shape index (κ1) is 22.4. The quantitative estimate of drug-likeness (QED) is 0.549. The molecule has 1 aromatic rings. The number of nitrogens with zero attached hydrogens (tertiary/aromatic N) is 2. The maximum Gasteiger partial charge on any atom is 0.220 e. The van der Waals surface area contributed by atoms with Crippen LogP contribution in [0.4, 0.5) is 0 Å². The average molecular weight is 417 g/mol. The maximum absolute atomic E-state index is 11.7. The van der Waals surface area contributed by atoms with Crippen molar-refractivity contribution in [2.75, 3.05) is 54.1 Å². The van der Waals surface area contributed by atoms with Gasteiger partial charge in [-0.25, -0.2) is 0 Å². The van der Waals surface area contributed by atoms with Crippen molar-refractivity contribution in [3.05, 3.63) is 29.8 Å². The van der Waals surface area contributed by atoms with Crippen molar-refractivity contribution in [1.29, 1.82) is 0 Å². The first-order valence-electron chi connectivity index (χ1n) is 11.0. The molecule has 0 aromatic heterocycles. The van der Waals surface area contributed by atoms with E-state index in [1.54, 1.807) is 14.2 Å². The number of rotatable bonds is 6. The largest absolute Gasteiger partial charge is 0.497 e. The minimum atomic E-state index is 0.0258. The van der Waals surface area contributed by atoms with Gasteiger partial charge in [-0.3, -0.25) is 9.79 Å². The third kappa shape index (κ3) is 5.45. The summed E-state index contributed by atoms with van der Waals surface area (Å²) in [6.07, 6.45) is 4.63. The second-order valence-corrected chi connectivity index (χ2v) is 8.33. The second-order valence-electron chi connectivity index (χ2n) is 8.33. The number of guanidine groups is 1. The number of ether oxygens (including phenoxy) is 2. The first-order valence-corrected chi connectivity index (χ1v) is 11.0. The number of piperidine rings is 1. The highest BCUT2D eigenvalue weighted by molar-refractivity contribution is 5.80. The van der Waals surface area contributed by atoms with Crippen molar-refractivity contribution in [3.8, 4) is 5.75 Å². The third-order valence-corrected chi connectivity index (χ3v) is 6.62. The number of benzene rings is 1. The molecule has 3 rings (SSSR count). The molecule has 2 N–H and O–H groups in total. The summed E-state index contributed by atoms with van der Waals surface area (Å²) < 4.78 is 11.0. The Kier molecular flexibility index (Phi) is 7.96. The number of hydrogen-bond acceptors (Lipinski definition) is 4. The molecule has 2 saturated heterocycles.